The van der Waals surface area contributed by atoms with Crippen LogP contribution in [0.5, 0.6) is 0 Å². The zero-order valence-electron chi connectivity index (χ0n) is 43.8. The highest BCUT2D eigenvalue weighted by atomic mass is 19.1. The van der Waals surface area contributed by atoms with Crippen molar-refractivity contribution in [1.29, 1.82) is 0 Å². The van der Waals surface area contributed by atoms with Crippen molar-refractivity contribution in [2.45, 2.75) is 204 Å². The molecular formula is C50H87FN6O13. The number of carbonyl (C=O) groups is 2. The predicted octanol–water partition coefficient (Wildman–Crippen LogP) is 2.26. The maximum atomic E-state index is 14.4. The third-order valence-corrected chi connectivity index (χ3v) is 15.0. The van der Waals surface area contributed by atoms with E-state index >= 15 is 0 Å². The minimum atomic E-state index is -1.86. The van der Waals surface area contributed by atoms with Crippen molar-refractivity contribution in [2.24, 2.45) is 34.2 Å². The van der Waals surface area contributed by atoms with Crippen LogP contribution < -0.4 is 16.8 Å². The van der Waals surface area contributed by atoms with Crippen LogP contribution in [-0.2, 0) is 44.4 Å². The molecule has 3 unspecified atom stereocenters. The summed E-state index contributed by atoms with van der Waals surface area (Å²) in [5, 5.41) is 62.2. The van der Waals surface area contributed by atoms with Crippen LogP contribution in [0.15, 0.2) is 29.3 Å². The smallest absolute Gasteiger partial charge is 0.311 e. The molecule has 0 radical (unpaired) electrons. The Morgan fingerprint density at radius 1 is 1.01 bits per heavy atom. The number of likely N-dealkylation sites (N-methyl/N-ethyl adjacent to an activating group) is 2. The van der Waals surface area contributed by atoms with Crippen LogP contribution in [0.3, 0.4) is 0 Å². The number of cyclic esters (lactones) is 1. The average Bonchev–Trinajstić information content (AvgIpc) is 3.29. The molecule has 4 rings (SSSR count). The van der Waals surface area contributed by atoms with E-state index < -0.39 is 121 Å². The maximum Gasteiger partial charge on any atom is 0.311 e. The van der Waals surface area contributed by atoms with Crippen molar-refractivity contribution < 1.29 is 67.9 Å². The Morgan fingerprint density at radius 3 is 2.24 bits per heavy atom. The van der Waals surface area contributed by atoms with Crippen molar-refractivity contribution in [3.05, 3.63) is 29.8 Å². The summed E-state index contributed by atoms with van der Waals surface area (Å²) in [5.74, 6) is -3.41. The van der Waals surface area contributed by atoms with Gasteiger partial charge in [0.1, 0.15) is 36.7 Å². The first kappa shape index (κ1) is 59.4. The number of ether oxygens (including phenoxy) is 6. The highest BCUT2D eigenvalue weighted by Crippen LogP contribution is 2.40. The number of aliphatic hydroxyl groups excluding tert-OH is 3. The number of rotatable bonds is 15. The van der Waals surface area contributed by atoms with Crippen molar-refractivity contribution >= 4 is 23.5 Å². The van der Waals surface area contributed by atoms with E-state index in [0.717, 1.165) is 5.56 Å². The molecular weight excluding hydrogens is 912 g/mol. The molecule has 402 valence electrons. The maximum absolute atomic E-state index is 14.4. The lowest BCUT2D eigenvalue weighted by molar-refractivity contribution is -0.318. The number of halogens is 1. The van der Waals surface area contributed by atoms with Crippen LogP contribution in [-0.4, -0.2) is 190 Å². The Bertz CT molecular complexity index is 1850. The SMILES string of the molecule is CC[C@H]1OC(=O)[C@H](C)[C@@H](O[C@H]2CC(C)(OC)[C@@H](O)[C@H](C)O2)[C@H](C)[C@@H](O[C@@H]2O[C@H](C)C[C@H](N(C)CCC(=O)N[C@H](CF)Cc3ccc(N=C(N)N)cc3)[C@H]2O)C(C)(O)C[C@@H](C)CN(C)[C@H](C)[C@@H](O)C1(C)O. The molecule has 1 aromatic rings. The van der Waals surface area contributed by atoms with E-state index in [9.17, 15) is 39.5 Å². The highest BCUT2D eigenvalue weighted by molar-refractivity contribution is 5.79. The Hall–Kier alpha value is -3.12. The average molecular weight is 999 g/mol. The van der Waals surface area contributed by atoms with E-state index in [2.05, 4.69) is 10.3 Å². The molecule has 19 nitrogen and oxygen atoms in total. The van der Waals surface area contributed by atoms with Crippen molar-refractivity contribution in [1.82, 2.24) is 15.1 Å². The van der Waals surface area contributed by atoms with Gasteiger partial charge in [0.2, 0.25) is 5.91 Å². The molecule has 0 aromatic heterocycles. The number of alkyl halides is 1. The van der Waals surface area contributed by atoms with Gasteiger partial charge in [0.25, 0.3) is 0 Å². The number of hydrogen-bond acceptors (Lipinski definition) is 16. The van der Waals surface area contributed by atoms with Crippen LogP contribution >= 0.6 is 0 Å². The van der Waals surface area contributed by atoms with E-state index in [0.29, 0.717) is 18.7 Å². The minimum Gasteiger partial charge on any atom is -0.459 e. The van der Waals surface area contributed by atoms with E-state index in [1.165, 1.54) is 14.0 Å². The molecule has 3 aliphatic rings. The number of methoxy groups -OCH3 is 1. The van der Waals surface area contributed by atoms with Crippen molar-refractivity contribution in [3.8, 4) is 0 Å². The molecule has 0 saturated carbocycles. The number of esters is 1. The summed E-state index contributed by atoms with van der Waals surface area (Å²) in [5.41, 5.74) is 7.61. The van der Waals surface area contributed by atoms with E-state index in [4.69, 9.17) is 39.9 Å². The zero-order valence-corrected chi connectivity index (χ0v) is 43.8. The summed E-state index contributed by atoms with van der Waals surface area (Å²) in [6.07, 6.45) is -9.62. The van der Waals surface area contributed by atoms with Crippen LogP contribution in [0.25, 0.3) is 0 Å². The number of nitrogens with two attached hydrogens (primary N) is 2. The number of hydrogen-bond donors (Lipinski definition) is 8. The monoisotopic (exact) mass is 999 g/mol. The molecule has 3 aliphatic heterocycles. The first-order valence-corrected chi connectivity index (χ1v) is 24.9. The first-order valence-electron chi connectivity index (χ1n) is 24.9. The second-order valence-corrected chi connectivity index (χ2v) is 21.3. The molecule has 3 heterocycles. The van der Waals surface area contributed by atoms with E-state index in [1.54, 1.807) is 79.8 Å². The summed E-state index contributed by atoms with van der Waals surface area (Å²) in [4.78, 5) is 35.4. The number of aliphatic imine (C=N–C) groups is 1. The van der Waals surface area contributed by atoms with Gasteiger partial charge in [-0.25, -0.2) is 9.38 Å². The van der Waals surface area contributed by atoms with Crippen LogP contribution in [0.4, 0.5) is 10.1 Å². The molecule has 20 heteroatoms. The Morgan fingerprint density at radius 2 is 1.66 bits per heavy atom. The number of nitrogens with one attached hydrogen (secondary N) is 1. The third kappa shape index (κ3) is 15.0. The number of benzene rings is 1. The van der Waals surface area contributed by atoms with Crippen molar-refractivity contribution in [2.75, 3.05) is 41.0 Å². The molecule has 0 spiro atoms. The summed E-state index contributed by atoms with van der Waals surface area (Å²) in [6.45, 7) is 17.0. The second kappa shape index (κ2) is 25.2. The topological polar surface area (TPSA) is 274 Å². The van der Waals surface area contributed by atoms with Gasteiger partial charge in [-0.3, -0.25) is 9.59 Å². The summed E-state index contributed by atoms with van der Waals surface area (Å²) in [6, 6.07) is 4.96. The lowest BCUT2D eigenvalue weighted by atomic mass is 9.77. The fraction of sp³-hybridized carbons (Fsp3) is 0.820. The van der Waals surface area contributed by atoms with Crippen molar-refractivity contribution in [3.63, 3.8) is 0 Å². The Kier molecular flexibility index (Phi) is 21.4. The molecule has 3 saturated heterocycles. The van der Waals surface area contributed by atoms with Crippen LogP contribution in [0, 0.1) is 17.8 Å². The molecule has 0 aliphatic carbocycles. The number of amides is 1. The van der Waals surface area contributed by atoms with Gasteiger partial charge in [-0.15, -0.1) is 0 Å². The zero-order chi connectivity index (χ0) is 52.6. The van der Waals surface area contributed by atoms with Gasteiger partial charge >= 0.3 is 5.97 Å². The van der Waals surface area contributed by atoms with E-state index in [1.807, 2.05) is 30.7 Å². The second-order valence-electron chi connectivity index (χ2n) is 21.3. The third-order valence-electron chi connectivity index (χ3n) is 15.0. The number of aliphatic hydroxyl groups is 5. The lowest BCUT2D eigenvalue weighted by Crippen LogP contribution is -2.61. The van der Waals surface area contributed by atoms with E-state index in [-0.39, 0.29) is 56.4 Å². The molecule has 1 aromatic carbocycles. The van der Waals surface area contributed by atoms with Crippen LogP contribution in [0.1, 0.15) is 107 Å². The Labute approximate surface area is 414 Å². The highest BCUT2D eigenvalue weighted by Gasteiger charge is 2.53. The number of carbonyl (C=O) groups excluding carboxylic acids is 2. The normalized spacial score (nSPS) is 40.1. The number of nitrogens with zero attached hydrogens (tertiary/aromatic N) is 3. The fourth-order valence-corrected chi connectivity index (χ4v) is 10.7. The number of guanidine groups is 1. The van der Waals surface area contributed by atoms with Gasteiger partial charge in [-0.1, -0.05) is 32.9 Å². The van der Waals surface area contributed by atoms with Gasteiger partial charge in [0, 0.05) is 51.0 Å². The largest absolute Gasteiger partial charge is 0.459 e. The van der Waals surface area contributed by atoms with Crippen LogP contribution in [0.2, 0.25) is 0 Å². The van der Waals surface area contributed by atoms with Gasteiger partial charge in [0.15, 0.2) is 18.5 Å². The predicted molar refractivity (Wildman–Crippen MR) is 261 cm³/mol. The lowest BCUT2D eigenvalue weighted by Gasteiger charge is -2.49. The Balaban J connectivity index is 1.65. The fourth-order valence-electron chi connectivity index (χ4n) is 10.7. The summed E-state index contributed by atoms with van der Waals surface area (Å²) >= 11 is 0. The molecule has 19 atom stereocenters. The van der Waals surface area contributed by atoms with Gasteiger partial charge < -0.3 is 80.5 Å². The summed E-state index contributed by atoms with van der Waals surface area (Å²) < 4.78 is 52.2. The van der Waals surface area contributed by atoms with Gasteiger partial charge in [0.05, 0.1) is 53.3 Å². The quantitative estimate of drug-likeness (QED) is 0.0711. The molecule has 3 fully saturated rings. The molecule has 10 N–H and O–H groups in total. The van der Waals surface area contributed by atoms with Gasteiger partial charge in [-0.05, 0) is 112 Å². The summed E-state index contributed by atoms with van der Waals surface area (Å²) in [7, 11) is 5.06. The molecule has 70 heavy (non-hydrogen) atoms. The molecule has 1 amide bonds. The first-order chi connectivity index (χ1) is 32.6. The standard InChI is InChI=1S/C50H87FN6O13/c1-14-37-50(10,64)42(60)31(6)57(12)26-27(2)23-48(8,63)44(29(4)41(30(5)45(62)68-37)69-39-24-49(9,65-13)43(61)32(7)67-39)70-46-40(59)36(21-28(3)66-46)56(11)20-19-38(58)54-35(25-51)22-33-15-17-34(18-16-33)55-47(52)53/h15-18,27-32,35-37,39-44,46,59-61,63-64H,14,19-26H2,1-13H3,(H,54,58)(H4,52,53,55)/t27-,28-,29+,30-,31-,32+,35+,36+,37-,39+,40-,41+,42-,43+,44-,46+,48?,49?,50?/m1/s1. The molecule has 0 bridgehead atoms. The minimum absolute atomic E-state index is 0.000904. The van der Waals surface area contributed by atoms with Gasteiger partial charge in [-0.2, -0.15) is 0 Å².